The van der Waals surface area contributed by atoms with Crippen molar-refractivity contribution in [2.24, 2.45) is 5.92 Å². The number of fused-ring (bicyclic) bond motifs is 3. The normalized spacial score (nSPS) is 27.4. The number of allylic oxidation sites excluding steroid dienone is 1. The van der Waals surface area contributed by atoms with Crippen LogP contribution in [0.1, 0.15) is 68.9 Å². The first-order valence-electron chi connectivity index (χ1n) is 18.9. The maximum Gasteiger partial charge on any atom is 0.410 e. The van der Waals surface area contributed by atoms with Gasteiger partial charge in [-0.25, -0.2) is 18.2 Å². The number of anilines is 1. The molecule has 0 radical (unpaired) electrons. The van der Waals surface area contributed by atoms with Crippen LogP contribution in [-0.2, 0) is 42.2 Å². The first-order chi connectivity index (χ1) is 26.5. The van der Waals surface area contributed by atoms with Crippen molar-refractivity contribution < 1.29 is 32.3 Å². The summed E-state index contributed by atoms with van der Waals surface area (Å²) in [5.41, 5.74) is 1.99. The maximum absolute atomic E-state index is 14.7. The molecule has 0 spiro atoms. The number of sulfonamides is 1. The maximum atomic E-state index is 14.7. The number of aromatic nitrogens is 1. The highest BCUT2D eigenvalue weighted by Gasteiger charge is 2.62. The summed E-state index contributed by atoms with van der Waals surface area (Å²) < 4.78 is 33.9. The van der Waals surface area contributed by atoms with Crippen molar-refractivity contribution in [2.45, 2.75) is 99.9 Å². The highest BCUT2D eigenvalue weighted by molar-refractivity contribution is 7.91. The molecule has 2 saturated carbocycles. The zero-order valence-corrected chi connectivity index (χ0v) is 32.5. The Labute approximate surface area is 328 Å². The number of carbonyl (C=O) groups excluding carboxylic acids is 4. The first kappa shape index (κ1) is 37.5. The number of hydrogen-bond donors (Lipinski definition) is 3. The fourth-order valence-electron chi connectivity index (χ4n) is 7.81. The molecule has 8 rings (SSSR count). The summed E-state index contributed by atoms with van der Waals surface area (Å²) in [5.74, 6) is -2.17. The summed E-state index contributed by atoms with van der Waals surface area (Å²) >= 11 is 7.78. The molecule has 2 aromatic carbocycles. The molecular weight excluding hydrogens is 764 g/mol. The zero-order valence-electron chi connectivity index (χ0n) is 30.1. The number of rotatable bonds is 7. The lowest BCUT2D eigenvalue weighted by molar-refractivity contribution is -0.140. The lowest BCUT2D eigenvalue weighted by Gasteiger charge is -2.29. The molecule has 4 amide bonds. The molecule has 13 nitrogen and oxygen atoms in total. The summed E-state index contributed by atoms with van der Waals surface area (Å²) in [5, 5.41) is 8.66. The molecule has 3 N–H and O–H groups in total. The van der Waals surface area contributed by atoms with Crippen LogP contribution in [0.3, 0.4) is 0 Å². The largest absolute Gasteiger partial charge is 0.444 e. The van der Waals surface area contributed by atoms with Crippen LogP contribution in [0.25, 0.3) is 11.3 Å². The van der Waals surface area contributed by atoms with Crippen LogP contribution in [0, 0.1) is 5.92 Å². The fraction of sp³-hybridized carbons (Fsp3) is 0.462. The van der Waals surface area contributed by atoms with Crippen LogP contribution in [-0.4, -0.2) is 82.5 Å². The first-order valence-corrected chi connectivity index (χ1v) is 21.7. The standard InChI is InChI=1S/C39H43ClN6O7S2/c40-30-14-9-12-25-20-45(22-29(25)30)38(50)53-27-18-33-34(47)43-39(36(49)44-55(51,52)28-16-17-28)19-26(39)13-7-2-1-3-8-15-31(35(48)46(33)21-27)41-37-42-32(23-54-37)24-10-5-4-6-11-24/h4-7,9-14,23,26-28,31,33H,1-3,8,15-22H2,(H,41,42)(H,43,47)(H,44,49)/b13-7-/t26-,27+,31-,33-,39+/m0/s1. The summed E-state index contributed by atoms with van der Waals surface area (Å²) in [6, 6.07) is 13.4. The van der Waals surface area contributed by atoms with Gasteiger partial charge in [-0.1, -0.05) is 79.1 Å². The van der Waals surface area contributed by atoms with Gasteiger partial charge < -0.3 is 20.3 Å². The van der Waals surface area contributed by atoms with E-state index in [1.54, 1.807) is 6.07 Å². The number of amides is 4. The Balaban J connectivity index is 1.06. The topological polar surface area (TPSA) is 167 Å². The second kappa shape index (κ2) is 15.2. The molecule has 5 aliphatic rings. The van der Waals surface area contributed by atoms with Crippen LogP contribution in [0.4, 0.5) is 9.93 Å². The minimum absolute atomic E-state index is 0.00837. The van der Waals surface area contributed by atoms with Gasteiger partial charge in [0, 0.05) is 34.8 Å². The van der Waals surface area contributed by atoms with Crippen LogP contribution < -0.4 is 15.4 Å². The smallest absolute Gasteiger partial charge is 0.410 e. The van der Waals surface area contributed by atoms with E-state index >= 15 is 0 Å². The number of benzene rings is 2. The molecule has 290 valence electrons. The van der Waals surface area contributed by atoms with Crippen molar-refractivity contribution in [3.05, 3.63) is 82.2 Å². The number of thiazole rings is 1. The van der Waals surface area contributed by atoms with Crippen molar-refractivity contribution in [3.63, 3.8) is 0 Å². The number of hydrogen-bond acceptors (Lipinski definition) is 10. The van der Waals surface area contributed by atoms with Crippen LogP contribution in [0.15, 0.2) is 66.1 Å². The van der Waals surface area contributed by atoms with Gasteiger partial charge in [0.1, 0.15) is 23.7 Å². The Kier molecular flexibility index (Phi) is 10.4. The summed E-state index contributed by atoms with van der Waals surface area (Å²) in [6.45, 7) is 0.539. The van der Waals surface area contributed by atoms with E-state index < -0.39 is 62.8 Å². The SMILES string of the molecule is O=C1N[C@]2(C(=O)NS(=O)(=O)C3CC3)C[C@@H]2/C=C\CCCCC[C@H](Nc2nc(-c3ccccc3)cs2)C(=O)N2C[C@H](OC(=O)N3Cc4cccc(Cl)c4C3)C[C@@H]12. The number of halogens is 1. The average molecular weight is 807 g/mol. The van der Waals surface area contributed by atoms with E-state index in [2.05, 4.69) is 15.4 Å². The lowest BCUT2D eigenvalue weighted by Crippen LogP contribution is -2.57. The molecule has 1 saturated heterocycles. The van der Waals surface area contributed by atoms with Gasteiger partial charge in [0.15, 0.2) is 5.13 Å². The molecule has 3 aromatic rings. The third kappa shape index (κ3) is 7.96. The van der Waals surface area contributed by atoms with Crippen LogP contribution in [0.5, 0.6) is 0 Å². The number of nitrogens with zero attached hydrogens (tertiary/aromatic N) is 3. The molecule has 3 aliphatic heterocycles. The van der Waals surface area contributed by atoms with Crippen molar-refractivity contribution >= 4 is 61.9 Å². The highest BCUT2D eigenvalue weighted by Crippen LogP contribution is 2.46. The second-order valence-electron chi connectivity index (χ2n) is 15.1. The van der Waals surface area contributed by atoms with Gasteiger partial charge >= 0.3 is 6.09 Å². The third-order valence-corrected chi connectivity index (χ3v) is 14.1. The van der Waals surface area contributed by atoms with E-state index in [1.807, 2.05) is 60.0 Å². The Morgan fingerprint density at radius 3 is 2.62 bits per heavy atom. The van der Waals surface area contributed by atoms with Crippen molar-refractivity contribution in [3.8, 4) is 11.3 Å². The van der Waals surface area contributed by atoms with Gasteiger partial charge in [0.2, 0.25) is 21.8 Å². The Bertz CT molecular complexity index is 2130. The van der Waals surface area contributed by atoms with E-state index in [-0.39, 0.29) is 31.8 Å². The highest BCUT2D eigenvalue weighted by atomic mass is 35.5. The Morgan fingerprint density at radius 2 is 1.84 bits per heavy atom. The van der Waals surface area contributed by atoms with Gasteiger partial charge in [-0.3, -0.25) is 24.0 Å². The van der Waals surface area contributed by atoms with E-state index in [9.17, 15) is 27.6 Å². The molecule has 3 fully saturated rings. The average Bonchev–Trinajstić information content (AvgIpc) is 3.97. The summed E-state index contributed by atoms with van der Waals surface area (Å²) in [4.78, 5) is 64.0. The number of ether oxygens (including phenoxy) is 1. The molecule has 55 heavy (non-hydrogen) atoms. The van der Waals surface area contributed by atoms with Crippen molar-refractivity contribution in [1.29, 1.82) is 0 Å². The van der Waals surface area contributed by atoms with E-state index in [1.165, 1.54) is 21.1 Å². The molecule has 16 heteroatoms. The summed E-state index contributed by atoms with van der Waals surface area (Å²) in [6.07, 6.45) is 7.21. The molecule has 2 aliphatic carbocycles. The molecule has 0 unspecified atom stereocenters. The van der Waals surface area contributed by atoms with Gasteiger partial charge in [0.25, 0.3) is 5.91 Å². The molecule has 5 atom stereocenters. The molecular formula is C39H43ClN6O7S2. The predicted molar refractivity (Wildman–Crippen MR) is 207 cm³/mol. The third-order valence-electron chi connectivity index (χ3n) is 11.2. The second-order valence-corrected chi connectivity index (χ2v) is 18.3. The van der Waals surface area contributed by atoms with E-state index in [0.717, 1.165) is 48.1 Å². The van der Waals surface area contributed by atoms with Gasteiger partial charge in [0.05, 0.1) is 24.0 Å². The van der Waals surface area contributed by atoms with E-state index in [4.69, 9.17) is 21.3 Å². The van der Waals surface area contributed by atoms with Crippen LogP contribution in [0.2, 0.25) is 5.02 Å². The lowest BCUT2D eigenvalue weighted by atomic mass is 10.1. The molecule has 0 bridgehead atoms. The van der Waals surface area contributed by atoms with E-state index in [0.29, 0.717) is 36.0 Å². The van der Waals surface area contributed by atoms with Gasteiger partial charge in [-0.05, 0) is 55.7 Å². The molecule has 1 aromatic heterocycles. The molecule has 4 heterocycles. The fourth-order valence-corrected chi connectivity index (χ4v) is 10.2. The Morgan fingerprint density at radius 1 is 1.02 bits per heavy atom. The number of nitrogens with one attached hydrogen (secondary N) is 3. The van der Waals surface area contributed by atoms with Crippen molar-refractivity contribution in [2.75, 3.05) is 11.9 Å². The number of carbonyl (C=O) groups is 4. The quantitative estimate of drug-likeness (QED) is 0.266. The summed E-state index contributed by atoms with van der Waals surface area (Å²) in [7, 11) is -3.89. The minimum atomic E-state index is -3.89. The minimum Gasteiger partial charge on any atom is -0.444 e. The van der Waals surface area contributed by atoms with Gasteiger partial charge in [-0.2, -0.15) is 0 Å². The monoisotopic (exact) mass is 806 g/mol. The van der Waals surface area contributed by atoms with Crippen molar-refractivity contribution in [1.82, 2.24) is 24.8 Å². The predicted octanol–water partition coefficient (Wildman–Crippen LogP) is 5.37. The van der Waals surface area contributed by atoms with Gasteiger partial charge in [-0.15, -0.1) is 11.3 Å². The van der Waals surface area contributed by atoms with Crippen LogP contribution >= 0.6 is 22.9 Å². The Hall–Kier alpha value is -4.47. The zero-order chi connectivity index (χ0) is 38.3.